The summed E-state index contributed by atoms with van der Waals surface area (Å²) < 4.78 is 41.9. The molecule has 3 rings (SSSR count). The van der Waals surface area contributed by atoms with Gasteiger partial charge in [-0.05, 0) is 18.9 Å². The van der Waals surface area contributed by atoms with E-state index >= 15 is 0 Å². The van der Waals surface area contributed by atoms with Crippen molar-refractivity contribution in [1.29, 1.82) is 0 Å². The lowest BCUT2D eigenvalue weighted by molar-refractivity contribution is -0.156. The van der Waals surface area contributed by atoms with Crippen molar-refractivity contribution in [1.82, 2.24) is 29.9 Å². The third kappa shape index (κ3) is 3.06. The van der Waals surface area contributed by atoms with Crippen molar-refractivity contribution in [2.75, 3.05) is 0 Å². The molecule has 1 atom stereocenters. The third-order valence-electron chi connectivity index (χ3n) is 3.79. The Morgan fingerprint density at radius 2 is 2.22 bits per heavy atom. The Morgan fingerprint density at radius 1 is 1.43 bits per heavy atom. The minimum atomic E-state index is -4.33. The van der Waals surface area contributed by atoms with Crippen molar-refractivity contribution in [2.24, 2.45) is 7.05 Å². The second kappa shape index (κ2) is 5.67. The van der Waals surface area contributed by atoms with Gasteiger partial charge in [0.15, 0.2) is 5.82 Å². The van der Waals surface area contributed by atoms with Crippen LogP contribution in [0.5, 0.6) is 0 Å². The summed E-state index contributed by atoms with van der Waals surface area (Å²) >= 11 is 0. The lowest BCUT2D eigenvalue weighted by Crippen LogP contribution is -2.30. The molecule has 1 N–H and O–H groups in total. The number of aromatic nitrogens is 5. The Bertz CT molecular complexity index is 720. The maximum Gasteiger partial charge on any atom is 0.398 e. The number of carbonyl (C=O) groups excluding carboxylic acids is 1. The number of fused-ring (bicyclic) bond motifs is 1. The van der Waals surface area contributed by atoms with Gasteiger partial charge in [0.05, 0.1) is 6.54 Å². The number of hydrogen-bond donors (Lipinski definition) is 1. The van der Waals surface area contributed by atoms with E-state index in [0.29, 0.717) is 18.8 Å². The van der Waals surface area contributed by atoms with Gasteiger partial charge in [-0.3, -0.25) is 9.48 Å². The Balaban J connectivity index is 1.73. The summed E-state index contributed by atoms with van der Waals surface area (Å²) in [6.07, 6.45) is -2.29. The number of alkyl halides is 3. The standard InChI is InChI=1S/C13H15F3N6O/c1-21-6-4-9(20-21)12(23)17-7-10-18-19-11-8(13(14,15)16)3-2-5-22(10)11/h4,6,8H,2-3,5,7H2,1H3,(H,17,23)/t8-/m0/s1. The van der Waals surface area contributed by atoms with Gasteiger partial charge in [0.25, 0.3) is 5.91 Å². The molecule has 0 bridgehead atoms. The Morgan fingerprint density at radius 3 is 2.87 bits per heavy atom. The van der Waals surface area contributed by atoms with E-state index in [4.69, 9.17) is 0 Å². The zero-order valence-electron chi connectivity index (χ0n) is 12.3. The third-order valence-corrected chi connectivity index (χ3v) is 3.79. The Hall–Kier alpha value is -2.39. The van der Waals surface area contributed by atoms with Gasteiger partial charge >= 0.3 is 6.18 Å². The summed E-state index contributed by atoms with van der Waals surface area (Å²) in [6, 6.07) is 1.55. The summed E-state index contributed by atoms with van der Waals surface area (Å²) in [6.45, 7) is 0.427. The SMILES string of the molecule is Cn1ccc(C(=O)NCc2nnc3n2CCC[C@@H]3C(F)(F)F)n1. The highest BCUT2D eigenvalue weighted by atomic mass is 19.4. The fourth-order valence-corrected chi connectivity index (χ4v) is 2.66. The molecular weight excluding hydrogens is 313 g/mol. The van der Waals surface area contributed by atoms with Crippen LogP contribution in [0.15, 0.2) is 12.3 Å². The average molecular weight is 328 g/mol. The summed E-state index contributed by atoms with van der Waals surface area (Å²) in [5.74, 6) is -1.76. The van der Waals surface area contributed by atoms with E-state index in [2.05, 4.69) is 20.6 Å². The Labute approximate surface area is 129 Å². The van der Waals surface area contributed by atoms with E-state index in [1.165, 1.54) is 9.25 Å². The zero-order valence-corrected chi connectivity index (χ0v) is 12.3. The first-order valence-corrected chi connectivity index (χ1v) is 7.13. The molecule has 0 saturated carbocycles. The number of carbonyl (C=O) groups is 1. The zero-order chi connectivity index (χ0) is 16.6. The number of nitrogens with one attached hydrogen (secondary N) is 1. The highest BCUT2D eigenvalue weighted by molar-refractivity contribution is 5.91. The van der Waals surface area contributed by atoms with Crippen molar-refractivity contribution in [3.05, 3.63) is 29.6 Å². The predicted octanol–water partition coefficient (Wildman–Crippen LogP) is 1.38. The van der Waals surface area contributed by atoms with E-state index in [9.17, 15) is 18.0 Å². The van der Waals surface area contributed by atoms with Crippen LogP contribution in [0.1, 0.15) is 40.9 Å². The normalized spacial score (nSPS) is 17.8. The van der Waals surface area contributed by atoms with Crippen molar-refractivity contribution in [2.45, 2.75) is 38.0 Å². The van der Waals surface area contributed by atoms with Gasteiger partial charge in [0.1, 0.15) is 17.4 Å². The molecule has 0 radical (unpaired) electrons. The number of aryl methyl sites for hydroxylation is 1. The van der Waals surface area contributed by atoms with Crippen LogP contribution in [0.3, 0.4) is 0 Å². The minimum absolute atomic E-state index is 0.00693. The van der Waals surface area contributed by atoms with Crippen molar-refractivity contribution < 1.29 is 18.0 Å². The summed E-state index contributed by atoms with van der Waals surface area (Å²) in [7, 11) is 1.68. The molecule has 0 saturated heterocycles. The number of amides is 1. The molecule has 0 spiro atoms. The van der Waals surface area contributed by atoms with Crippen LogP contribution in [0.4, 0.5) is 13.2 Å². The maximum absolute atomic E-state index is 13.0. The maximum atomic E-state index is 13.0. The van der Waals surface area contributed by atoms with Gasteiger partial charge in [-0.2, -0.15) is 18.3 Å². The first-order chi connectivity index (χ1) is 10.9. The molecule has 10 heteroatoms. The lowest BCUT2D eigenvalue weighted by Gasteiger charge is -2.25. The molecule has 0 aromatic carbocycles. The van der Waals surface area contributed by atoms with Crippen molar-refractivity contribution in [3.8, 4) is 0 Å². The average Bonchev–Trinajstić information content (AvgIpc) is 3.09. The van der Waals surface area contributed by atoms with Gasteiger partial charge in [0.2, 0.25) is 0 Å². The number of nitrogens with zero attached hydrogens (tertiary/aromatic N) is 5. The van der Waals surface area contributed by atoms with Gasteiger partial charge < -0.3 is 9.88 Å². The second-order valence-corrected chi connectivity index (χ2v) is 5.42. The highest BCUT2D eigenvalue weighted by Crippen LogP contribution is 2.40. The molecule has 124 valence electrons. The number of hydrogen-bond acceptors (Lipinski definition) is 4. The van der Waals surface area contributed by atoms with E-state index in [-0.39, 0.29) is 24.5 Å². The molecule has 1 aliphatic rings. The largest absolute Gasteiger partial charge is 0.398 e. The van der Waals surface area contributed by atoms with Crippen LogP contribution in [0, 0.1) is 0 Å². The highest BCUT2D eigenvalue weighted by Gasteiger charge is 2.45. The molecular formula is C13H15F3N6O. The topological polar surface area (TPSA) is 77.6 Å². The summed E-state index contributed by atoms with van der Waals surface area (Å²) in [4.78, 5) is 11.9. The van der Waals surface area contributed by atoms with Crippen LogP contribution < -0.4 is 5.32 Å². The molecule has 23 heavy (non-hydrogen) atoms. The first kappa shape index (κ1) is 15.5. The smallest absolute Gasteiger partial charge is 0.343 e. The van der Waals surface area contributed by atoms with E-state index in [1.54, 1.807) is 19.3 Å². The summed E-state index contributed by atoms with van der Waals surface area (Å²) in [5, 5.41) is 14.0. The van der Waals surface area contributed by atoms with Gasteiger partial charge in [-0.15, -0.1) is 10.2 Å². The molecule has 3 heterocycles. The first-order valence-electron chi connectivity index (χ1n) is 7.13. The van der Waals surface area contributed by atoms with E-state index < -0.39 is 18.0 Å². The van der Waals surface area contributed by atoms with Gasteiger partial charge in [0, 0.05) is 19.8 Å². The molecule has 1 amide bonds. The molecule has 1 aliphatic heterocycles. The van der Waals surface area contributed by atoms with Crippen LogP contribution in [-0.2, 0) is 20.1 Å². The quantitative estimate of drug-likeness (QED) is 0.923. The lowest BCUT2D eigenvalue weighted by atomic mass is 9.98. The Kier molecular flexibility index (Phi) is 3.82. The van der Waals surface area contributed by atoms with Crippen LogP contribution >= 0.6 is 0 Å². The summed E-state index contributed by atoms with van der Waals surface area (Å²) in [5.41, 5.74) is 0.235. The monoisotopic (exact) mass is 328 g/mol. The molecule has 2 aromatic heterocycles. The van der Waals surface area contributed by atoms with E-state index in [1.807, 2.05) is 0 Å². The van der Waals surface area contributed by atoms with Gasteiger partial charge in [-0.1, -0.05) is 0 Å². The number of rotatable bonds is 3. The fraction of sp³-hybridized carbons (Fsp3) is 0.538. The molecule has 0 aliphatic carbocycles. The molecule has 0 fully saturated rings. The van der Waals surface area contributed by atoms with E-state index in [0.717, 1.165) is 0 Å². The predicted molar refractivity (Wildman–Crippen MR) is 72.4 cm³/mol. The van der Waals surface area contributed by atoms with Crippen LogP contribution in [0.2, 0.25) is 0 Å². The second-order valence-electron chi connectivity index (χ2n) is 5.42. The number of halogens is 3. The van der Waals surface area contributed by atoms with Crippen LogP contribution in [-0.4, -0.2) is 36.6 Å². The fourth-order valence-electron chi connectivity index (χ4n) is 2.66. The molecule has 7 nitrogen and oxygen atoms in total. The van der Waals surface area contributed by atoms with Crippen molar-refractivity contribution in [3.63, 3.8) is 0 Å². The molecule has 0 unspecified atom stereocenters. The minimum Gasteiger partial charge on any atom is -0.343 e. The van der Waals surface area contributed by atoms with Crippen LogP contribution in [0.25, 0.3) is 0 Å². The van der Waals surface area contributed by atoms with Gasteiger partial charge in [-0.25, -0.2) is 0 Å². The molecule has 2 aromatic rings. The van der Waals surface area contributed by atoms with Crippen molar-refractivity contribution >= 4 is 5.91 Å².